The third-order valence-corrected chi connectivity index (χ3v) is 11.1. The Hall–Kier alpha value is -0.773. The van der Waals surface area contributed by atoms with Crippen LogP contribution in [0.2, 0.25) is 23.3 Å². The second kappa shape index (κ2) is 8.05. The van der Waals surface area contributed by atoms with Crippen LogP contribution in [-0.2, 0) is 13.9 Å². The second-order valence-electron chi connectivity index (χ2n) is 10.0. The van der Waals surface area contributed by atoms with Gasteiger partial charge in [-0.1, -0.05) is 32.4 Å². The van der Waals surface area contributed by atoms with Gasteiger partial charge in [0.1, 0.15) is 6.10 Å². The van der Waals surface area contributed by atoms with Crippen molar-refractivity contribution >= 4 is 25.7 Å². The first-order valence-corrected chi connectivity index (χ1v) is 13.5. The summed E-state index contributed by atoms with van der Waals surface area (Å²) in [5.41, 5.74) is 0. The predicted molar refractivity (Wildman–Crippen MR) is 116 cm³/mol. The summed E-state index contributed by atoms with van der Waals surface area (Å²) in [6.45, 7) is 15.3. The van der Waals surface area contributed by atoms with E-state index in [1.807, 2.05) is 13.8 Å². The van der Waals surface area contributed by atoms with Crippen molar-refractivity contribution in [3.63, 3.8) is 0 Å². The molecular formula is C20H34ClN3O4Si. The number of fused-ring (bicyclic) bond motifs is 1. The highest BCUT2D eigenvalue weighted by molar-refractivity contribution is 6.74. The van der Waals surface area contributed by atoms with Crippen LogP contribution in [0.3, 0.4) is 0 Å². The minimum absolute atomic E-state index is 0.0950. The van der Waals surface area contributed by atoms with Gasteiger partial charge in [0.15, 0.2) is 25.1 Å². The van der Waals surface area contributed by atoms with Crippen LogP contribution in [0.25, 0.3) is 0 Å². The van der Waals surface area contributed by atoms with Crippen molar-refractivity contribution in [1.82, 2.24) is 9.97 Å². The van der Waals surface area contributed by atoms with E-state index in [1.165, 1.54) is 6.20 Å². The number of rotatable bonds is 6. The molecule has 1 aromatic heterocycles. The number of anilines is 1. The molecule has 164 valence electrons. The van der Waals surface area contributed by atoms with E-state index in [0.717, 1.165) is 0 Å². The molecule has 0 radical (unpaired) electrons. The summed E-state index contributed by atoms with van der Waals surface area (Å²) < 4.78 is 19.1. The SMILES string of the molecule is CC1(C)O[C@@H]2[C@H](O1)[C@H](O[Si](C)(C)C(C)(C)C)C[C@H]2C(O)CNc1nccnc1Cl. The molecule has 0 amide bonds. The molecule has 1 saturated carbocycles. The number of aromatic nitrogens is 2. The van der Waals surface area contributed by atoms with Crippen LogP contribution in [0.1, 0.15) is 41.0 Å². The molecule has 1 aliphatic heterocycles. The molecule has 1 unspecified atom stereocenters. The van der Waals surface area contributed by atoms with Crippen molar-refractivity contribution in [3.05, 3.63) is 17.5 Å². The molecule has 3 rings (SSSR count). The Kier molecular flexibility index (Phi) is 6.36. The van der Waals surface area contributed by atoms with Crippen molar-refractivity contribution in [2.75, 3.05) is 11.9 Å². The molecule has 7 nitrogen and oxygen atoms in total. The Morgan fingerprint density at radius 3 is 2.52 bits per heavy atom. The van der Waals surface area contributed by atoms with E-state index in [9.17, 15) is 5.11 Å². The van der Waals surface area contributed by atoms with Gasteiger partial charge in [0, 0.05) is 24.9 Å². The van der Waals surface area contributed by atoms with E-state index in [2.05, 4.69) is 49.1 Å². The van der Waals surface area contributed by atoms with Gasteiger partial charge in [0.05, 0.1) is 18.3 Å². The quantitative estimate of drug-likeness (QED) is 0.646. The number of aliphatic hydroxyl groups excluding tert-OH is 1. The van der Waals surface area contributed by atoms with Crippen LogP contribution in [0.5, 0.6) is 0 Å². The number of nitrogens with one attached hydrogen (secondary N) is 1. The van der Waals surface area contributed by atoms with Crippen LogP contribution < -0.4 is 5.32 Å². The average Bonchev–Trinajstić information content (AvgIpc) is 3.06. The number of ether oxygens (including phenoxy) is 2. The highest BCUT2D eigenvalue weighted by Crippen LogP contribution is 2.47. The van der Waals surface area contributed by atoms with E-state index in [4.69, 9.17) is 25.5 Å². The molecule has 0 spiro atoms. The van der Waals surface area contributed by atoms with Crippen LogP contribution in [0, 0.1) is 5.92 Å². The lowest BCUT2D eigenvalue weighted by Crippen LogP contribution is -2.46. The monoisotopic (exact) mass is 443 g/mol. The number of hydrogen-bond acceptors (Lipinski definition) is 7. The first kappa shape index (κ1) is 22.9. The normalized spacial score (nSPS) is 30.2. The van der Waals surface area contributed by atoms with Gasteiger partial charge in [-0.3, -0.25) is 0 Å². The summed E-state index contributed by atoms with van der Waals surface area (Å²) in [5.74, 6) is -0.343. The molecule has 2 aliphatic rings. The van der Waals surface area contributed by atoms with E-state index < -0.39 is 20.2 Å². The van der Waals surface area contributed by atoms with Gasteiger partial charge < -0.3 is 24.3 Å². The van der Waals surface area contributed by atoms with Gasteiger partial charge in [0.2, 0.25) is 0 Å². The number of nitrogens with zero attached hydrogens (tertiary/aromatic N) is 2. The zero-order valence-electron chi connectivity index (χ0n) is 18.4. The van der Waals surface area contributed by atoms with Crippen molar-refractivity contribution in [1.29, 1.82) is 0 Å². The molecule has 9 heteroatoms. The molecule has 29 heavy (non-hydrogen) atoms. The fourth-order valence-corrected chi connectivity index (χ4v) is 5.32. The first-order valence-electron chi connectivity index (χ1n) is 10.2. The van der Waals surface area contributed by atoms with Gasteiger partial charge in [-0.2, -0.15) is 0 Å². The van der Waals surface area contributed by atoms with E-state index in [0.29, 0.717) is 18.8 Å². The summed E-state index contributed by atoms with van der Waals surface area (Å²) in [7, 11) is -1.99. The summed E-state index contributed by atoms with van der Waals surface area (Å²) in [6, 6.07) is 0. The molecule has 5 atom stereocenters. The van der Waals surface area contributed by atoms with Crippen molar-refractivity contribution in [3.8, 4) is 0 Å². The maximum absolute atomic E-state index is 11.0. The minimum Gasteiger partial charge on any atom is -0.411 e. The summed E-state index contributed by atoms with van der Waals surface area (Å²) in [5, 5.41) is 14.4. The lowest BCUT2D eigenvalue weighted by atomic mass is 9.98. The van der Waals surface area contributed by atoms with Crippen LogP contribution >= 0.6 is 11.6 Å². The van der Waals surface area contributed by atoms with E-state index in [-0.39, 0.29) is 34.4 Å². The summed E-state index contributed by atoms with van der Waals surface area (Å²) >= 11 is 6.05. The fourth-order valence-electron chi connectivity index (χ4n) is 3.81. The van der Waals surface area contributed by atoms with Crippen LogP contribution in [0.15, 0.2) is 12.4 Å². The second-order valence-corrected chi connectivity index (χ2v) is 15.1. The molecular weight excluding hydrogens is 410 g/mol. The maximum Gasteiger partial charge on any atom is 0.192 e. The molecule has 0 bridgehead atoms. The number of hydrogen-bond donors (Lipinski definition) is 2. The Morgan fingerprint density at radius 2 is 1.90 bits per heavy atom. The number of aliphatic hydroxyl groups is 1. The van der Waals surface area contributed by atoms with E-state index in [1.54, 1.807) is 6.20 Å². The molecule has 1 saturated heterocycles. The average molecular weight is 444 g/mol. The van der Waals surface area contributed by atoms with Gasteiger partial charge in [-0.25, -0.2) is 9.97 Å². The van der Waals surface area contributed by atoms with Gasteiger partial charge >= 0.3 is 0 Å². The molecule has 2 heterocycles. The predicted octanol–water partition coefficient (Wildman–Crippen LogP) is 3.83. The lowest BCUT2D eigenvalue weighted by molar-refractivity contribution is -0.169. The Labute approximate surface area is 179 Å². The first-order chi connectivity index (χ1) is 13.3. The highest BCUT2D eigenvalue weighted by Gasteiger charge is 2.57. The molecule has 0 aromatic carbocycles. The number of halogens is 1. The largest absolute Gasteiger partial charge is 0.411 e. The highest BCUT2D eigenvalue weighted by atomic mass is 35.5. The Morgan fingerprint density at radius 1 is 1.28 bits per heavy atom. The third-order valence-electron chi connectivity index (χ3n) is 6.34. The molecule has 1 aliphatic carbocycles. The third kappa shape index (κ3) is 4.94. The van der Waals surface area contributed by atoms with Gasteiger partial charge in [0.25, 0.3) is 0 Å². The van der Waals surface area contributed by atoms with Gasteiger partial charge in [-0.15, -0.1) is 0 Å². The van der Waals surface area contributed by atoms with E-state index >= 15 is 0 Å². The summed E-state index contributed by atoms with van der Waals surface area (Å²) in [6.07, 6.45) is 2.63. The minimum atomic E-state index is -1.99. The zero-order valence-corrected chi connectivity index (χ0v) is 20.2. The standard InChI is InChI=1S/C20H34ClN3O4Si/c1-19(2,3)29(6,7)28-14-10-12(15-16(14)27-20(4,5)26-15)13(25)11-24-18-17(21)22-8-9-23-18/h8-9,12-16,25H,10-11H2,1-7H3,(H,23,24)/t12-,13?,14+,15-,16+/m0/s1. The topological polar surface area (TPSA) is 85.7 Å². The lowest BCUT2D eigenvalue weighted by Gasteiger charge is -2.39. The maximum atomic E-state index is 11.0. The summed E-state index contributed by atoms with van der Waals surface area (Å²) in [4.78, 5) is 8.17. The zero-order chi connectivity index (χ0) is 21.6. The van der Waals surface area contributed by atoms with Crippen molar-refractivity contribution in [2.24, 2.45) is 5.92 Å². The smallest absolute Gasteiger partial charge is 0.192 e. The van der Waals surface area contributed by atoms with Crippen LogP contribution in [-0.4, -0.2) is 60.1 Å². The van der Waals surface area contributed by atoms with Gasteiger partial charge in [-0.05, 0) is 38.4 Å². The van der Waals surface area contributed by atoms with Crippen molar-refractivity contribution in [2.45, 2.75) is 89.4 Å². The Balaban J connectivity index is 1.72. The molecule has 1 aromatic rings. The van der Waals surface area contributed by atoms with Crippen molar-refractivity contribution < 1.29 is 19.0 Å². The van der Waals surface area contributed by atoms with Crippen LogP contribution in [0.4, 0.5) is 5.82 Å². The Bertz CT molecular complexity index is 728. The molecule has 2 N–H and O–H groups in total. The molecule has 2 fully saturated rings. The fraction of sp³-hybridized carbons (Fsp3) is 0.800.